The van der Waals surface area contributed by atoms with Gasteiger partial charge in [0.1, 0.15) is 0 Å². The molecule has 0 unspecified atom stereocenters. The number of nitrogens with two attached hydrogens (primary N) is 1. The summed E-state index contributed by atoms with van der Waals surface area (Å²) in [5.41, 5.74) is 5.46. The highest BCUT2D eigenvalue weighted by Gasteiger charge is 2.30. The summed E-state index contributed by atoms with van der Waals surface area (Å²) < 4.78 is 4.91. The number of hydrogen-bond acceptors (Lipinski definition) is 4. The highest BCUT2D eigenvalue weighted by Crippen LogP contribution is 2.29. The van der Waals surface area contributed by atoms with Crippen LogP contribution in [0.4, 0.5) is 0 Å². The maximum absolute atomic E-state index is 7.40. The van der Waals surface area contributed by atoms with E-state index in [2.05, 4.69) is 10.1 Å². The zero-order valence-electron chi connectivity index (χ0n) is 8.03. The van der Waals surface area contributed by atoms with Gasteiger partial charge >= 0.3 is 0 Å². The third-order valence-corrected chi connectivity index (χ3v) is 2.40. The van der Waals surface area contributed by atoms with Crippen LogP contribution in [0.25, 0.3) is 0 Å². The van der Waals surface area contributed by atoms with E-state index in [1.165, 1.54) is 0 Å². The molecule has 1 aromatic heterocycles. The van der Waals surface area contributed by atoms with Crippen molar-refractivity contribution in [2.24, 2.45) is 5.73 Å². The molecule has 1 aromatic rings. The second-order valence-corrected chi connectivity index (χ2v) is 3.41. The Morgan fingerprint density at radius 2 is 2.50 bits per heavy atom. The van der Waals surface area contributed by atoms with Crippen molar-refractivity contribution in [3.05, 3.63) is 11.7 Å². The lowest BCUT2D eigenvalue weighted by Gasteiger charge is -2.21. The van der Waals surface area contributed by atoms with E-state index in [9.17, 15) is 0 Å². The zero-order valence-corrected chi connectivity index (χ0v) is 8.03. The third kappa shape index (κ3) is 1.43. The van der Waals surface area contributed by atoms with Crippen molar-refractivity contribution in [1.82, 2.24) is 15.0 Å². The first-order valence-electron chi connectivity index (χ1n) is 4.59. The molecule has 1 aliphatic rings. The molecule has 0 aliphatic carbocycles. The summed E-state index contributed by atoms with van der Waals surface area (Å²) in [6.07, 6.45) is 1.94. The van der Waals surface area contributed by atoms with E-state index in [4.69, 9.17) is 15.7 Å². The third-order valence-electron chi connectivity index (χ3n) is 2.40. The molecule has 1 fully saturated rings. The molecule has 2 heterocycles. The van der Waals surface area contributed by atoms with E-state index in [1.807, 2.05) is 0 Å². The highest BCUT2D eigenvalue weighted by atomic mass is 16.5. The molecule has 0 radical (unpaired) electrons. The number of nitrogens with one attached hydrogen (secondary N) is 1. The molecule has 76 valence electrons. The first kappa shape index (κ1) is 8.98. The van der Waals surface area contributed by atoms with Crippen LogP contribution in [0.5, 0.6) is 0 Å². The van der Waals surface area contributed by atoms with E-state index in [-0.39, 0.29) is 12.0 Å². The van der Waals surface area contributed by atoms with Crippen molar-refractivity contribution in [3.8, 4) is 0 Å². The Labute approximate surface area is 81.6 Å². The normalized spacial score (nSPS) is 21.5. The molecule has 14 heavy (non-hydrogen) atoms. The van der Waals surface area contributed by atoms with Crippen LogP contribution in [0, 0.1) is 12.3 Å². The maximum atomic E-state index is 7.40. The molecule has 1 saturated heterocycles. The van der Waals surface area contributed by atoms with Crippen LogP contribution in [0.1, 0.15) is 30.6 Å². The number of hydrogen-bond donors (Lipinski definition) is 2. The lowest BCUT2D eigenvalue weighted by molar-refractivity contribution is 0.344. The highest BCUT2D eigenvalue weighted by molar-refractivity contribution is 5.75. The van der Waals surface area contributed by atoms with Gasteiger partial charge in [-0.2, -0.15) is 4.98 Å². The van der Waals surface area contributed by atoms with Crippen LogP contribution in [-0.2, 0) is 0 Å². The summed E-state index contributed by atoms with van der Waals surface area (Å²) in [5, 5.41) is 11.2. The van der Waals surface area contributed by atoms with Crippen LogP contribution >= 0.6 is 0 Å². The van der Waals surface area contributed by atoms with E-state index < -0.39 is 0 Å². The predicted octanol–water partition coefficient (Wildman–Crippen LogP) is 0.408. The average Bonchev–Trinajstić information content (AvgIpc) is 2.70. The molecule has 1 aliphatic heterocycles. The molecule has 0 amide bonds. The second-order valence-electron chi connectivity index (χ2n) is 3.41. The summed E-state index contributed by atoms with van der Waals surface area (Å²) in [4.78, 5) is 5.95. The fourth-order valence-electron chi connectivity index (χ4n) is 1.77. The summed E-state index contributed by atoms with van der Waals surface area (Å²) in [5.74, 6) is 1.26. The van der Waals surface area contributed by atoms with Crippen LogP contribution in [0.3, 0.4) is 0 Å². The largest absolute Gasteiger partial charge is 0.370 e. The first-order chi connectivity index (χ1) is 6.68. The van der Waals surface area contributed by atoms with Gasteiger partial charge in [-0.25, -0.2) is 0 Å². The van der Waals surface area contributed by atoms with Crippen LogP contribution < -0.4 is 5.73 Å². The number of aromatic nitrogens is 2. The molecule has 6 nitrogen and oxygen atoms in total. The van der Waals surface area contributed by atoms with Gasteiger partial charge in [-0.05, 0) is 12.8 Å². The van der Waals surface area contributed by atoms with Crippen molar-refractivity contribution in [3.63, 3.8) is 0 Å². The monoisotopic (exact) mass is 195 g/mol. The lowest BCUT2D eigenvalue weighted by Crippen LogP contribution is -2.36. The van der Waals surface area contributed by atoms with Crippen molar-refractivity contribution in [1.29, 1.82) is 5.41 Å². The molecule has 2 rings (SSSR count). The summed E-state index contributed by atoms with van der Waals surface area (Å²) in [7, 11) is 0. The van der Waals surface area contributed by atoms with Gasteiger partial charge in [0.25, 0.3) is 0 Å². The van der Waals surface area contributed by atoms with Gasteiger partial charge in [0.05, 0.1) is 6.04 Å². The minimum Gasteiger partial charge on any atom is -0.370 e. The summed E-state index contributed by atoms with van der Waals surface area (Å²) in [6, 6.07) is 0.0185. The second kappa shape index (κ2) is 3.28. The molecule has 0 saturated carbocycles. The minimum absolute atomic E-state index is 0.0185. The van der Waals surface area contributed by atoms with E-state index >= 15 is 0 Å². The molecule has 1 atom stereocenters. The molecular formula is C8H13N5O. The van der Waals surface area contributed by atoms with Crippen LogP contribution in [0.15, 0.2) is 4.52 Å². The Kier molecular flexibility index (Phi) is 2.11. The smallest absolute Gasteiger partial charge is 0.223 e. The van der Waals surface area contributed by atoms with Crippen LogP contribution in [-0.4, -0.2) is 27.5 Å². The van der Waals surface area contributed by atoms with Crippen molar-refractivity contribution < 1.29 is 4.52 Å². The van der Waals surface area contributed by atoms with Crippen molar-refractivity contribution in [2.45, 2.75) is 25.8 Å². The zero-order chi connectivity index (χ0) is 10.1. The van der Waals surface area contributed by atoms with Gasteiger partial charge in [0.15, 0.2) is 11.8 Å². The fraction of sp³-hybridized carbons (Fsp3) is 0.625. The van der Waals surface area contributed by atoms with Gasteiger partial charge in [0, 0.05) is 13.5 Å². The Hall–Kier alpha value is -1.59. The van der Waals surface area contributed by atoms with Gasteiger partial charge < -0.3 is 15.2 Å². The topological polar surface area (TPSA) is 92.0 Å². The summed E-state index contributed by atoms with van der Waals surface area (Å²) >= 11 is 0. The quantitative estimate of drug-likeness (QED) is 0.500. The molecular weight excluding hydrogens is 182 g/mol. The Bertz CT molecular complexity index is 347. The molecule has 0 spiro atoms. The van der Waals surface area contributed by atoms with E-state index in [1.54, 1.807) is 11.8 Å². The average molecular weight is 195 g/mol. The molecule has 3 N–H and O–H groups in total. The lowest BCUT2D eigenvalue weighted by atomic mass is 10.2. The standard InChI is InChI=1S/C8H13N5O/c1-5-11-7(12-14-5)6-3-2-4-13(6)8(9)10/h6H,2-4H2,1H3,(H3,9,10)/t6-/m0/s1. The number of rotatable bonds is 1. The van der Waals surface area contributed by atoms with Crippen molar-refractivity contribution in [2.75, 3.05) is 6.54 Å². The number of likely N-dealkylation sites (tertiary alicyclic amines) is 1. The number of nitrogens with zero attached hydrogens (tertiary/aromatic N) is 3. The molecule has 0 bridgehead atoms. The van der Waals surface area contributed by atoms with Gasteiger partial charge in [-0.3, -0.25) is 5.41 Å². The summed E-state index contributed by atoms with van der Waals surface area (Å²) in [6.45, 7) is 2.55. The van der Waals surface area contributed by atoms with E-state index in [0.717, 1.165) is 19.4 Å². The first-order valence-corrected chi connectivity index (χ1v) is 4.59. The van der Waals surface area contributed by atoms with Crippen molar-refractivity contribution >= 4 is 5.96 Å². The SMILES string of the molecule is Cc1nc([C@@H]2CCCN2C(=N)N)no1. The van der Waals surface area contributed by atoms with E-state index in [0.29, 0.717) is 11.7 Å². The Morgan fingerprint density at radius 1 is 1.71 bits per heavy atom. The van der Waals surface area contributed by atoms with Gasteiger partial charge in [-0.1, -0.05) is 5.16 Å². The van der Waals surface area contributed by atoms with Gasteiger partial charge in [-0.15, -0.1) is 0 Å². The fourth-order valence-corrected chi connectivity index (χ4v) is 1.77. The number of guanidine groups is 1. The van der Waals surface area contributed by atoms with Gasteiger partial charge in [0.2, 0.25) is 5.89 Å². The Balaban J connectivity index is 2.21. The maximum Gasteiger partial charge on any atom is 0.223 e. The minimum atomic E-state index is 0.0185. The predicted molar refractivity (Wildman–Crippen MR) is 49.6 cm³/mol. The Morgan fingerprint density at radius 3 is 3.07 bits per heavy atom. The number of aryl methyl sites for hydroxylation is 1. The van der Waals surface area contributed by atoms with Crippen LogP contribution in [0.2, 0.25) is 0 Å². The molecule has 0 aromatic carbocycles. The molecule has 6 heteroatoms.